The summed E-state index contributed by atoms with van der Waals surface area (Å²) in [6.45, 7) is 5.79. The van der Waals surface area contributed by atoms with Crippen LogP contribution in [-0.2, 0) is 0 Å². The molecule has 20 heavy (non-hydrogen) atoms. The third-order valence-electron chi connectivity index (χ3n) is 4.19. The van der Waals surface area contributed by atoms with Crippen LogP contribution < -0.4 is 15.2 Å². The van der Waals surface area contributed by atoms with Crippen LogP contribution in [0.3, 0.4) is 0 Å². The van der Waals surface area contributed by atoms with E-state index >= 15 is 0 Å². The first kappa shape index (κ1) is 15.1. The first-order valence-electron chi connectivity index (χ1n) is 7.48. The second-order valence-electron chi connectivity index (χ2n) is 5.31. The predicted octanol–water partition coefficient (Wildman–Crippen LogP) is 2.30. The molecular weight excluding hydrogens is 254 g/mol. The van der Waals surface area contributed by atoms with Crippen LogP contribution in [0, 0.1) is 5.92 Å². The minimum Gasteiger partial charge on any atom is -0.486 e. The summed E-state index contributed by atoms with van der Waals surface area (Å²) in [5.74, 6) is 1.74. The van der Waals surface area contributed by atoms with Gasteiger partial charge in [-0.2, -0.15) is 0 Å². The van der Waals surface area contributed by atoms with Crippen molar-refractivity contribution in [2.45, 2.75) is 38.7 Å². The van der Waals surface area contributed by atoms with Crippen LogP contribution in [0.4, 0.5) is 0 Å². The van der Waals surface area contributed by atoms with Crippen LogP contribution >= 0.6 is 0 Å². The molecule has 0 aromatic heterocycles. The number of aliphatic hydroxyl groups excluding tert-OH is 1. The van der Waals surface area contributed by atoms with Gasteiger partial charge < -0.3 is 20.3 Å². The van der Waals surface area contributed by atoms with Crippen molar-refractivity contribution in [2.24, 2.45) is 11.7 Å². The summed E-state index contributed by atoms with van der Waals surface area (Å²) in [5, 5.41) is 10.6. The molecule has 3 N–H and O–H groups in total. The maximum atomic E-state index is 10.6. The molecule has 0 saturated carbocycles. The molecule has 0 bridgehead atoms. The Kier molecular flexibility index (Phi) is 5.26. The van der Waals surface area contributed by atoms with Crippen molar-refractivity contribution in [2.75, 3.05) is 19.8 Å². The van der Waals surface area contributed by atoms with Gasteiger partial charge in [0.05, 0.1) is 6.10 Å². The first-order valence-corrected chi connectivity index (χ1v) is 7.48. The third kappa shape index (κ3) is 3.07. The summed E-state index contributed by atoms with van der Waals surface area (Å²) in [6.07, 6.45) is 1.50. The van der Waals surface area contributed by atoms with E-state index in [1.165, 1.54) is 0 Å². The lowest BCUT2D eigenvalue weighted by molar-refractivity contribution is 0.0777. The van der Waals surface area contributed by atoms with Gasteiger partial charge in [0.25, 0.3) is 0 Å². The van der Waals surface area contributed by atoms with E-state index in [4.69, 9.17) is 15.2 Å². The summed E-state index contributed by atoms with van der Waals surface area (Å²) in [7, 11) is 0. The van der Waals surface area contributed by atoms with Crippen LogP contribution in [0.1, 0.15) is 38.2 Å². The molecule has 0 amide bonds. The second kappa shape index (κ2) is 6.95. The fourth-order valence-electron chi connectivity index (χ4n) is 2.86. The minimum absolute atomic E-state index is 0.0595. The molecule has 2 atom stereocenters. The van der Waals surface area contributed by atoms with Crippen molar-refractivity contribution in [1.82, 2.24) is 0 Å². The number of hydrogen-bond donors (Lipinski definition) is 2. The van der Waals surface area contributed by atoms with E-state index in [2.05, 4.69) is 13.8 Å². The monoisotopic (exact) mass is 279 g/mol. The van der Waals surface area contributed by atoms with Crippen molar-refractivity contribution < 1.29 is 14.6 Å². The fourth-order valence-corrected chi connectivity index (χ4v) is 2.86. The standard InChI is InChI=1S/C16H25NO3/c1-3-11(4-2)16(18)13(10-17)12-5-6-14-15(9-12)20-8-7-19-14/h5-6,9,11,13,16,18H,3-4,7-8,10,17H2,1-2H3. The molecule has 0 aliphatic carbocycles. The van der Waals surface area contributed by atoms with Gasteiger partial charge in [0.2, 0.25) is 0 Å². The molecular formula is C16H25NO3. The van der Waals surface area contributed by atoms with Crippen LogP contribution in [-0.4, -0.2) is 31.0 Å². The Balaban J connectivity index is 2.22. The average Bonchev–Trinajstić information content (AvgIpc) is 2.49. The zero-order chi connectivity index (χ0) is 14.5. The van der Waals surface area contributed by atoms with E-state index in [0.29, 0.717) is 19.8 Å². The van der Waals surface area contributed by atoms with Gasteiger partial charge in [0.15, 0.2) is 11.5 Å². The fraction of sp³-hybridized carbons (Fsp3) is 0.625. The van der Waals surface area contributed by atoms with E-state index in [1.54, 1.807) is 0 Å². The van der Waals surface area contributed by atoms with Gasteiger partial charge in [-0.15, -0.1) is 0 Å². The van der Waals surface area contributed by atoms with E-state index in [1.807, 2.05) is 18.2 Å². The Morgan fingerprint density at radius 1 is 1.15 bits per heavy atom. The molecule has 0 fully saturated rings. The predicted molar refractivity (Wildman–Crippen MR) is 79.3 cm³/mol. The van der Waals surface area contributed by atoms with E-state index in [-0.39, 0.29) is 11.8 Å². The van der Waals surface area contributed by atoms with Gasteiger partial charge in [-0.1, -0.05) is 32.8 Å². The lowest BCUT2D eigenvalue weighted by Gasteiger charge is -2.29. The Labute approximate surface area is 120 Å². The molecule has 0 saturated heterocycles. The Bertz CT molecular complexity index is 432. The van der Waals surface area contributed by atoms with Crippen molar-refractivity contribution in [3.8, 4) is 11.5 Å². The van der Waals surface area contributed by atoms with Crippen LogP contribution in [0.5, 0.6) is 11.5 Å². The first-order chi connectivity index (χ1) is 9.71. The van der Waals surface area contributed by atoms with Crippen molar-refractivity contribution in [3.63, 3.8) is 0 Å². The molecule has 0 spiro atoms. The number of fused-ring (bicyclic) bond motifs is 1. The molecule has 1 heterocycles. The van der Waals surface area contributed by atoms with Crippen LogP contribution in [0.2, 0.25) is 0 Å². The second-order valence-corrected chi connectivity index (χ2v) is 5.31. The third-order valence-corrected chi connectivity index (χ3v) is 4.19. The van der Waals surface area contributed by atoms with E-state index in [0.717, 1.165) is 29.9 Å². The molecule has 1 aromatic carbocycles. The maximum absolute atomic E-state index is 10.6. The highest BCUT2D eigenvalue weighted by Gasteiger charge is 2.27. The Morgan fingerprint density at radius 3 is 2.40 bits per heavy atom. The molecule has 1 aliphatic heterocycles. The molecule has 4 nitrogen and oxygen atoms in total. The highest BCUT2D eigenvalue weighted by Crippen LogP contribution is 2.35. The number of rotatable bonds is 6. The number of benzene rings is 1. The van der Waals surface area contributed by atoms with E-state index < -0.39 is 6.10 Å². The highest BCUT2D eigenvalue weighted by molar-refractivity contribution is 5.45. The number of ether oxygens (including phenoxy) is 2. The lowest BCUT2D eigenvalue weighted by Crippen LogP contribution is -2.32. The number of hydrogen-bond acceptors (Lipinski definition) is 4. The molecule has 4 heteroatoms. The summed E-state index contributed by atoms with van der Waals surface area (Å²) < 4.78 is 11.1. The van der Waals surface area contributed by atoms with Gasteiger partial charge in [-0.25, -0.2) is 0 Å². The lowest BCUT2D eigenvalue weighted by atomic mass is 9.83. The van der Waals surface area contributed by atoms with Crippen molar-refractivity contribution in [1.29, 1.82) is 0 Å². The van der Waals surface area contributed by atoms with Gasteiger partial charge in [-0.3, -0.25) is 0 Å². The Hall–Kier alpha value is -1.26. The van der Waals surface area contributed by atoms with Gasteiger partial charge >= 0.3 is 0 Å². The Morgan fingerprint density at radius 2 is 1.80 bits per heavy atom. The van der Waals surface area contributed by atoms with Crippen molar-refractivity contribution >= 4 is 0 Å². The summed E-state index contributed by atoms with van der Waals surface area (Å²) in [6, 6.07) is 5.85. The maximum Gasteiger partial charge on any atom is 0.161 e. The summed E-state index contributed by atoms with van der Waals surface area (Å²) in [4.78, 5) is 0. The molecule has 2 rings (SSSR count). The smallest absolute Gasteiger partial charge is 0.161 e. The summed E-state index contributed by atoms with van der Waals surface area (Å²) in [5.41, 5.74) is 6.92. The largest absolute Gasteiger partial charge is 0.486 e. The molecule has 112 valence electrons. The van der Waals surface area contributed by atoms with Gasteiger partial charge in [-0.05, 0) is 23.6 Å². The molecule has 1 aromatic rings. The van der Waals surface area contributed by atoms with Crippen molar-refractivity contribution in [3.05, 3.63) is 23.8 Å². The molecule has 0 radical (unpaired) electrons. The zero-order valence-corrected chi connectivity index (χ0v) is 12.3. The minimum atomic E-state index is -0.419. The SMILES string of the molecule is CCC(CC)C(O)C(CN)c1ccc2c(c1)OCCO2. The van der Waals surface area contributed by atoms with Crippen LogP contribution in [0.25, 0.3) is 0 Å². The quantitative estimate of drug-likeness (QED) is 0.838. The normalized spacial score (nSPS) is 17.1. The zero-order valence-electron chi connectivity index (χ0n) is 12.3. The molecule has 2 unspecified atom stereocenters. The van der Waals surface area contributed by atoms with E-state index in [9.17, 15) is 5.11 Å². The number of nitrogens with two attached hydrogens (primary N) is 1. The highest BCUT2D eigenvalue weighted by atomic mass is 16.6. The number of aliphatic hydroxyl groups is 1. The van der Waals surface area contributed by atoms with Gasteiger partial charge in [0, 0.05) is 12.5 Å². The topological polar surface area (TPSA) is 64.7 Å². The average molecular weight is 279 g/mol. The van der Waals surface area contributed by atoms with Crippen LogP contribution in [0.15, 0.2) is 18.2 Å². The molecule has 1 aliphatic rings. The van der Waals surface area contributed by atoms with Gasteiger partial charge in [0.1, 0.15) is 13.2 Å². The summed E-state index contributed by atoms with van der Waals surface area (Å²) >= 11 is 0.